The number of hydrogen-bond acceptors (Lipinski definition) is 5. The van der Waals surface area contributed by atoms with Gasteiger partial charge in [0.1, 0.15) is 6.07 Å². The highest BCUT2D eigenvalue weighted by Crippen LogP contribution is 2.27. The quantitative estimate of drug-likeness (QED) is 0.890. The number of anilines is 1. The average molecular weight is 344 g/mol. The summed E-state index contributed by atoms with van der Waals surface area (Å²) in [5.74, 6) is 0. The first kappa shape index (κ1) is 17.1. The first-order valence-corrected chi connectivity index (χ1v) is 9.49. The minimum absolute atomic E-state index is 0.122. The third-order valence-electron chi connectivity index (χ3n) is 4.86. The summed E-state index contributed by atoms with van der Waals surface area (Å²) in [6, 6.07) is 10.4. The Morgan fingerprint density at radius 3 is 2.71 bits per heavy atom. The van der Waals surface area contributed by atoms with Crippen LogP contribution in [0.15, 0.2) is 24.3 Å². The van der Waals surface area contributed by atoms with E-state index < -0.39 is 0 Å². The summed E-state index contributed by atoms with van der Waals surface area (Å²) in [5, 5.41) is 12.8. The van der Waals surface area contributed by atoms with E-state index in [0.717, 1.165) is 56.8 Å². The highest BCUT2D eigenvalue weighted by Gasteiger charge is 2.29. The number of amides is 1. The molecule has 0 aromatic heterocycles. The maximum atomic E-state index is 11.4. The van der Waals surface area contributed by atoms with Crippen LogP contribution in [0.2, 0.25) is 0 Å². The first-order chi connectivity index (χ1) is 11.7. The number of rotatable bonds is 5. The molecule has 3 rings (SSSR count). The summed E-state index contributed by atoms with van der Waals surface area (Å²) < 4.78 is 0. The van der Waals surface area contributed by atoms with Crippen LogP contribution in [-0.2, 0) is 0 Å². The Kier molecular flexibility index (Phi) is 5.64. The number of hydrogen-bond donors (Lipinski definition) is 1. The van der Waals surface area contributed by atoms with Gasteiger partial charge in [-0.05, 0) is 38.4 Å². The summed E-state index contributed by atoms with van der Waals surface area (Å²) in [6.07, 6.45) is 2.22. The van der Waals surface area contributed by atoms with Crippen molar-refractivity contribution in [2.75, 3.05) is 37.6 Å². The zero-order chi connectivity index (χ0) is 16.9. The number of thioether (sulfide) groups is 1. The van der Waals surface area contributed by atoms with Crippen LogP contribution in [0.25, 0.3) is 0 Å². The van der Waals surface area contributed by atoms with Crippen LogP contribution in [-0.4, -0.2) is 54.2 Å². The average Bonchev–Trinajstić information content (AvgIpc) is 2.93. The molecule has 0 radical (unpaired) electrons. The van der Waals surface area contributed by atoms with E-state index in [2.05, 4.69) is 28.1 Å². The zero-order valence-electron chi connectivity index (χ0n) is 14.1. The van der Waals surface area contributed by atoms with Gasteiger partial charge in [0.15, 0.2) is 0 Å². The van der Waals surface area contributed by atoms with Crippen LogP contribution in [0.3, 0.4) is 0 Å². The molecular weight excluding hydrogens is 320 g/mol. The highest BCUT2D eigenvalue weighted by atomic mass is 32.2. The molecule has 2 atom stereocenters. The fraction of sp³-hybridized carbons (Fsp3) is 0.556. The number of para-hydroxylation sites is 1. The van der Waals surface area contributed by atoms with E-state index in [1.165, 1.54) is 11.8 Å². The van der Waals surface area contributed by atoms with E-state index in [0.29, 0.717) is 11.3 Å². The molecule has 5 nitrogen and oxygen atoms in total. The van der Waals surface area contributed by atoms with Gasteiger partial charge in [0.05, 0.1) is 11.3 Å². The van der Waals surface area contributed by atoms with Crippen molar-refractivity contribution in [1.29, 1.82) is 5.26 Å². The molecule has 2 aliphatic rings. The zero-order valence-corrected chi connectivity index (χ0v) is 14.9. The first-order valence-electron chi connectivity index (χ1n) is 8.61. The van der Waals surface area contributed by atoms with Crippen molar-refractivity contribution in [3.05, 3.63) is 29.8 Å². The fourth-order valence-electron chi connectivity index (χ4n) is 3.43. The molecule has 1 aromatic rings. The van der Waals surface area contributed by atoms with Gasteiger partial charge in [-0.25, -0.2) is 0 Å². The van der Waals surface area contributed by atoms with Crippen molar-refractivity contribution >= 4 is 22.7 Å². The van der Waals surface area contributed by atoms with E-state index in [1.807, 2.05) is 24.3 Å². The highest BCUT2D eigenvalue weighted by molar-refractivity contribution is 8.14. The number of benzene rings is 1. The van der Waals surface area contributed by atoms with Crippen LogP contribution in [0.4, 0.5) is 10.5 Å². The van der Waals surface area contributed by atoms with Crippen molar-refractivity contribution in [1.82, 2.24) is 10.2 Å². The van der Waals surface area contributed by atoms with Gasteiger partial charge in [-0.3, -0.25) is 9.69 Å². The van der Waals surface area contributed by atoms with Gasteiger partial charge in [0.25, 0.3) is 5.24 Å². The van der Waals surface area contributed by atoms with E-state index in [1.54, 1.807) is 0 Å². The van der Waals surface area contributed by atoms with Gasteiger partial charge in [-0.15, -0.1) is 0 Å². The van der Waals surface area contributed by atoms with Gasteiger partial charge in [0, 0.05) is 37.5 Å². The van der Waals surface area contributed by atoms with Gasteiger partial charge in [-0.2, -0.15) is 5.26 Å². The largest absolute Gasteiger partial charge is 0.368 e. The monoisotopic (exact) mass is 344 g/mol. The summed E-state index contributed by atoms with van der Waals surface area (Å²) >= 11 is 1.45. The van der Waals surface area contributed by atoms with Crippen LogP contribution < -0.4 is 10.2 Å². The molecule has 1 N–H and O–H groups in total. The lowest BCUT2D eigenvalue weighted by molar-refractivity contribution is 0.251. The molecule has 24 heavy (non-hydrogen) atoms. The lowest BCUT2D eigenvalue weighted by Crippen LogP contribution is -2.47. The van der Waals surface area contributed by atoms with Gasteiger partial charge in [0.2, 0.25) is 0 Å². The molecule has 1 amide bonds. The summed E-state index contributed by atoms with van der Waals surface area (Å²) in [4.78, 5) is 16.2. The Labute approximate surface area is 148 Å². The van der Waals surface area contributed by atoms with Crippen molar-refractivity contribution < 1.29 is 4.79 Å². The van der Waals surface area contributed by atoms with Crippen molar-refractivity contribution in [2.24, 2.45) is 0 Å². The summed E-state index contributed by atoms with van der Waals surface area (Å²) in [5.41, 5.74) is 1.82. The van der Waals surface area contributed by atoms with Crippen molar-refractivity contribution in [2.45, 2.75) is 31.1 Å². The molecule has 128 valence electrons. The molecule has 0 saturated carbocycles. The van der Waals surface area contributed by atoms with E-state index in [4.69, 9.17) is 0 Å². The Morgan fingerprint density at radius 1 is 1.29 bits per heavy atom. The second-order valence-corrected chi connectivity index (χ2v) is 7.69. The number of nitrogens with zero attached hydrogens (tertiary/aromatic N) is 3. The molecule has 6 heteroatoms. The number of piperazine rings is 1. The normalized spacial score (nSPS) is 24.7. The van der Waals surface area contributed by atoms with E-state index in [9.17, 15) is 10.1 Å². The van der Waals surface area contributed by atoms with E-state index >= 15 is 0 Å². The molecule has 2 saturated heterocycles. The molecule has 2 unspecified atom stereocenters. The fourth-order valence-corrected chi connectivity index (χ4v) is 4.52. The molecular formula is C18H24N4OS. The maximum absolute atomic E-state index is 11.4. The number of carbonyl (C=O) groups is 1. The predicted molar refractivity (Wildman–Crippen MR) is 98.4 cm³/mol. The minimum atomic E-state index is 0.122. The van der Waals surface area contributed by atoms with Crippen LogP contribution >= 0.6 is 11.8 Å². The van der Waals surface area contributed by atoms with Gasteiger partial charge < -0.3 is 10.2 Å². The molecule has 0 aliphatic carbocycles. The number of carbonyl (C=O) groups excluding carboxylic acids is 1. The Bertz CT molecular complexity index is 622. The molecule has 2 heterocycles. The maximum Gasteiger partial charge on any atom is 0.279 e. The third kappa shape index (κ3) is 4.03. The van der Waals surface area contributed by atoms with Gasteiger partial charge in [-0.1, -0.05) is 23.9 Å². The topological polar surface area (TPSA) is 59.4 Å². The molecule has 0 bridgehead atoms. The summed E-state index contributed by atoms with van der Waals surface area (Å²) in [7, 11) is 0. The smallest absolute Gasteiger partial charge is 0.279 e. The standard InChI is InChI=1S/C18H24N4OS/c1-14-17(24-18(23)20-14)7-4-8-21-9-11-22(12-10-21)16-6-3-2-5-15(16)13-19/h2-3,5-6,14,17H,4,7-12H2,1H3,(H,20,23). The van der Waals surface area contributed by atoms with Gasteiger partial charge >= 0.3 is 0 Å². The third-order valence-corrected chi connectivity index (χ3v) is 6.14. The molecule has 2 aliphatic heterocycles. The second kappa shape index (κ2) is 7.91. The van der Waals surface area contributed by atoms with E-state index in [-0.39, 0.29) is 5.24 Å². The number of nitriles is 1. The Morgan fingerprint density at radius 2 is 2.04 bits per heavy atom. The van der Waals surface area contributed by atoms with Crippen LogP contribution in [0.5, 0.6) is 0 Å². The SMILES string of the molecule is CC1NC(=O)SC1CCCN1CCN(c2ccccc2C#N)CC1. The number of nitrogens with one attached hydrogen (secondary N) is 1. The van der Waals surface area contributed by atoms with Crippen molar-refractivity contribution in [3.8, 4) is 6.07 Å². The lowest BCUT2D eigenvalue weighted by Gasteiger charge is -2.36. The van der Waals surface area contributed by atoms with Crippen LogP contribution in [0.1, 0.15) is 25.3 Å². The van der Waals surface area contributed by atoms with Crippen LogP contribution in [0, 0.1) is 11.3 Å². The Balaban J connectivity index is 1.43. The predicted octanol–water partition coefficient (Wildman–Crippen LogP) is 2.67. The summed E-state index contributed by atoms with van der Waals surface area (Å²) in [6.45, 7) is 7.18. The molecule has 0 spiro atoms. The molecule has 2 fully saturated rings. The van der Waals surface area contributed by atoms with Crippen molar-refractivity contribution in [3.63, 3.8) is 0 Å². The molecule has 1 aromatic carbocycles. The minimum Gasteiger partial charge on any atom is -0.368 e. The Hall–Kier alpha value is -1.71. The second-order valence-electron chi connectivity index (χ2n) is 6.48. The lowest BCUT2D eigenvalue weighted by atomic mass is 10.1.